The molecular formula is C65H51N. The molecule has 1 heteroatoms. The van der Waals surface area contributed by atoms with Crippen LogP contribution in [0.2, 0.25) is 0 Å². The summed E-state index contributed by atoms with van der Waals surface area (Å²) < 4.78 is 0. The number of fused-ring (bicyclic) bond motifs is 9. The van der Waals surface area contributed by atoms with Crippen LogP contribution < -0.4 is 4.90 Å². The molecule has 0 heterocycles. The zero-order valence-electron chi connectivity index (χ0n) is 38.0. The first kappa shape index (κ1) is 39.8. The van der Waals surface area contributed by atoms with Gasteiger partial charge in [-0.1, -0.05) is 222 Å². The predicted octanol–water partition coefficient (Wildman–Crippen LogP) is 17.5. The highest BCUT2D eigenvalue weighted by molar-refractivity contribution is 6.11. The lowest BCUT2D eigenvalue weighted by Gasteiger charge is -2.32. The van der Waals surface area contributed by atoms with Gasteiger partial charge in [0.05, 0.1) is 5.69 Å². The van der Waals surface area contributed by atoms with Crippen molar-refractivity contribution in [3.8, 4) is 55.6 Å². The molecule has 0 aliphatic heterocycles. The van der Waals surface area contributed by atoms with Crippen LogP contribution in [-0.4, -0.2) is 0 Å². The van der Waals surface area contributed by atoms with Crippen LogP contribution >= 0.6 is 0 Å². The average Bonchev–Trinajstić information content (AvgIpc) is 3.74. The second kappa shape index (κ2) is 15.5. The molecule has 2 aliphatic carbocycles. The molecule has 316 valence electrons. The van der Waals surface area contributed by atoms with Gasteiger partial charge in [-0.2, -0.15) is 0 Å². The minimum Gasteiger partial charge on any atom is -0.310 e. The molecule has 10 aromatic carbocycles. The van der Waals surface area contributed by atoms with Crippen molar-refractivity contribution in [3.05, 3.63) is 258 Å². The highest BCUT2D eigenvalue weighted by Crippen LogP contribution is 2.61. The first-order valence-electron chi connectivity index (χ1n) is 23.4. The molecular weight excluding hydrogens is 795 g/mol. The molecule has 1 nitrogen and oxygen atoms in total. The molecule has 0 aromatic heterocycles. The summed E-state index contributed by atoms with van der Waals surface area (Å²) in [7, 11) is 0. The number of hydrogen-bond donors (Lipinski definition) is 0. The minimum absolute atomic E-state index is 0.186. The van der Waals surface area contributed by atoms with Crippen LogP contribution in [0.25, 0.3) is 66.4 Å². The summed E-state index contributed by atoms with van der Waals surface area (Å²) in [5, 5.41) is 2.53. The van der Waals surface area contributed by atoms with Gasteiger partial charge in [-0.15, -0.1) is 0 Å². The Morgan fingerprint density at radius 3 is 1.29 bits per heavy atom. The van der Waals surface area contributed by atoms with Crippen LogP contribution in [0.4, 0.5) is 17.1 Å². The van der Waals surface area contributed by atoms with E-state index in [2.05, 4.69) is 257 Å². The monoisotopic (exact) mass is 845 g/mol. The summed E-state index contributed by atoms with van der Waals surface area (Å²) >= 11 is 0. The Morgan fingerprint density at radius 1 is 0.333 bits per heavy atom. The van der Waals surface area contributed by atoms with Gasteiger partial charge in [0.25, 0.3) is 0 Å². The van der Waals surface area contributed by atoms with E-state index in [-0.39, 0.29) is 10.8 Å². The largest absolute Gasteiger partial charge is 0.310 e. The van der Waals surface area contributed by atoms with Gasteiger partial charge < -0.3 is 4.90 Å². The van der Waals surface area contributed by atoms with Crippen LogP contribution in [0.3, 0.4) is 0 Å². The Balaban J connectivity index is 0.965. The fourth-order valence-corrected chi connectivity index (χ4v) is 11.4. The third-order valence-electron chi connectivity index (χ3n) is 14.6. The lowest BCUT2D eigenvalue weighted by atomic mass is 9.72. The number of benzene rings is 10. The molecule has 0 fully saturated rings. The number of hydrogen-bond acceptors (Lipinski definition) is 1. The van der Waals surface area contributed by atoms with Crippen LogP contribution in [0, 0.1) is 0 Å². The quantitative estimate of drug-likeness (QED) is 0.147. The van der Waals surface area contributed by atoms with Crippen molar-refractivity contribution >= 4 is 27.8 Å². The maximum atomic E-state index is 2.52. The van der Waals surface area contributed by atoms with Crippen molar-refractivity contribution in [2.45, 2.75) is 44.9 Å². The standard InChI is InChI=1S/C65H51N/c1-64(2)58-41-44(40-43-24-27-48(28-25-43)45-16-8-5-9-17-45)26-37-53(58)56-38-39-57-61-55-23-15-14-22-54(55)60(42-59(61)65(3,4)63(57)62(56)64)66(51-33-29-49(30-34-51)46-18-10-6-11-19-46)52-35-31-50(32-36-52)47-20-12-7-13-21-47/h5-39,41-42H,40H2,1-4H3. The maximum absolute atomic E-state index is 2.52. The molecule has 10 aromatic rings. The van der Waals surface area contributed by atoms with E-state index in [0.29, 0.717) is 0 Å². The highest BCUT2D eigenvalue weighted by Gasteiger charge is 2.46. The molecule has 0 amide bonds. The van der Waals surface area contributed by atoms with Crippen molar-refractivity contribution in [2.24, 2.45) is 0 Å². The lowest BCUT2D eigenvalue weighted by Crippen LogP contribution is -2.24. The number of anilines is 3. The fraction of sp³-hybridized carbons (Fsp3) is 0.108. The fourth-order valence-electron chi connectivity index (χ4n) is 11.4. The summed E-state index contributed by atoms with van der Waals surface area (Å²) in [4.78, 5) is 2.48. The molecule has 0 bridgehead atoms. The highest BCUT2D eigenvalue weighted by atomic mass is 15.1. The normalized spacial score (nSPS) is 13.8. The van der Waals surface area contributed by atoms with E-state index in [1.165, 1.54) is 105 Å². The minimum atomic E-state index is -0.266. The zero-order chi connectivity index (χ0) is 44.6. The van der Waals surface area contributed by atoms with Crippen molar-refractivity contribution in [1.29, 1.82) is 0 Å². The molecule has 2 aliphatic rings. The van der Waals surface area contributed by atoms with Crippen molar-refractivity contribution in [1.82, 2.24) is 0 Å². The topological polar surface area (TPSA) is 3.24 Å². The Morgan fingerprint density at radius 2 is 0.742 bits per heavy atom. The average molecular weight is 846 g/mol. The molecule has 0 saturated carbocycles. The van der Waals surface area contributed by atoms with E-state index in [9.17, 15) is 0 Å². The summed E-state index contributed by atoms with van der Waals surface area (Å²) in [6.45, 7) is 9.85. The molecule has 0 unspecified atom stereocenters. The summed E-state index contributed by atoms with van der Waals surface area (Å²) in [6, 6.07) is 83.0. The summed E-state index contributed by atoms with van der Waals surface area (Å²) in [5.41, 5.74) is 24.2. The second-order valence-electron chi connectivity index (χ2n) is 19.3. The third kappa shape index (κ3) is 6.45. The van der Waals surface area contributed by atoms with Crippen LogP contribution in [0.15, 0.2) is 224 Å². The molecule has 0 spiro atoms. The molecule has 0 atom stereocenters. The van der Waals surface area contributed by atoms with Crippen molar-refractivity contribution in [2.75, 3.05) is 4.90 Å². The van der Waals surface area contributed by atoms with Gasteiger partial charge >= 0.3 is 0 Å². The number of nitrogens with zero attached hydrogens (tertiary/aromatic N) is 1. The van der Waals surface area contributed by atoms with Crippen LogP contribution in [0.1, 0.15) is 61.1 Å². The Hall–Kier alpha value is -7.74. The number of rotatable bonds is 8. The predicted molar refractivity (Wildman–Crippen MR) is 279 cm³/mol. The van der Waals surface area contributed by atoms with E-state index < -0.39 is 0 Å². The van der Waals surface area contributed by atoms with Crippen molar-refractivity contribution in [3.63, 3.8) is 0 Å². The van der Waals surface area contributed by atoms with E-state index in [4.69, 9.17) is 0 Å². The molecule has 12 rings (SSSR count). The smallest absolute Gasteiger partial charge is 0.0543 e. The van der Waals surface area contributed by atoms with Gasteiger partial charge in [-0.25, -0.2) is 0 Å². The van der Waals surface area contributed by atoms with Gasteiger partial charge in [-0.3, -0.25) is 0 Å². The van der Waals surface area contributed by atoms with Gasteiger partial charge in [0.2, 0.25) is 0 Å². The van der Waals surface area contributed by atoms with E-state index >= 15 is 0 Å². The van der Waals surface area contributed by atoms with Gasteiger partial charge in [0.1, 0.15) is 0 Å². The molecule has 0 saturated heterocycles. The van der Waals surface area contributed by atoms with E-state index in [0.717, 1.165) is 17.8 Å². The Kier molecular flexibility index (Phi) is 9.33. The van der Waals surface area contributed by atoms with Crippen LogP contribution in [0.5, 0.6) is 0 Å². The summed E-state index contributed by atoms with van der Waals surface area (Å²) in [6.07, 6.45) is 0.902. The second-order valence-corrected chi connectivity index (χ2v) is 19.3. The van der Waals surface area contributed by atoms with Gasteiger partial charge in [0.15, 0.2) is 0 Å². The lowest BCUT2D eigenvalue weighted by molar-refractivity contribution is 0.601. The van der Waals surface area contributed by atoms with E-state index in [1.54, 1.807) is 0 Å². The third-order valence-corrected chi connectivity index (χ3v) is 14.6. The maximum Gasteiger partial charge on any atom is 0.0543 e. The molecule has 0 radical (unpaired) electrons. The van der Waals surface area contributed by atoms with Gasteiger partial charge in [0, 0.05) is 27.6 Å². The molecule has 0 N–H and O–H groups in total. The Labute approximate surface area is 389 Å². The van der Waals surface area contributed by atoms with E-state index in [1.807, 2.05) is 0 Å². The van der Waals surface area contributed by atoms with Crippen molar-refractivity contribution < 1.29 is 0 Å². The summed E-state index contributed by atoms with van der Waals surface area (Å²) in [5.74, 6) is 0. The van der Waals surface area contributed by atoms with Gasteiger partial charge in [-0.05, 0) is 131 Å². The first-order chi connectivity index (χ1) is 32.2. The van der Waals surface area contributed by atoms with Crippen LogP contribution in [-0.2, 0) is 17.3 Å². The zero-order valence-corrected chi connectivity index (χ0v) is 38.0. The SMILES string of the molecule is CC1(C)c2cc(Cc3ccc(-c4ccccc4)cc3)ccc2-c2ccc3c(c21)C(C)(C)c1cc(N(c2ccc(-c4ccccc4)cc2)c2ccc(-c4ccccc4)cc2)c2ccccc2c1-3. The Bertz CT molecular complexity index is 3350. The first-order valence-corrected chi connectivity index (χ1v) is 23.4. The molecule has 66 heavy (non-hydrogen) atoms.